The second-order valence-corrected chi connectivity index (χ2v) is 9.96. The number of halogens is 1. The fourth-order valence-electron chi connectivity index (χ4n) is 3.94. The van der Waals surface area contributed by atoms with E-state index in [2.05, 4.69) is 20.7 Å². The standard InChI is InChI=1S/C24H20FN5O4S/c1-15-11-22(29-34-15)27-23(31)14-35(32,33)21-13-30(20-8-3-2-6-18(20)21)12-16-5-4-7-17(24(16)25)19-9-10-26-28-19/h2-11,13H,12,14H2,1H3,(H,26,28)(H,27,29,31). The number of H-pyrrole nitrogens is 1. The van der Waals surface area contributed by atoms with Gasteiger partial charge in [0.1, 0.15) is 17.3 Å². The predicted octanol–water partition coefficient (Wildman–Crippen LogP) is 3.93. The lowest BCUT2D eigenvalue weighted by atomic mass is 10.1. The van der Waals surface area contributed by atoms with Gasteiger partial charge in [-0.25, -0.2) is 12.8 Å². The maximum Gasteiger partial charge on any atom is 0.241 e. The summed E-state index contributed by atoms with van der Waals surface area (Å²) in [6, 6.07) is 15.0. The summed E-state index contributed by atoms with van der Waals surface area (Å²) < 4.78 is 48.2. The number of hydrogen-bond acceptors (Lipinski definition) is 6. The van der Waals surface area contributed by atoms with Crippen LogP contribution in [0.2, 0.25) is 0 Å². The zero-order chi connectivity index (χ0) is 24.6. The van der Waals surface area contributed by atoms with Crippen molar-refractivity contribution < 1.29 is 22.1 Å². The molecule has 35 heavy (non-hydrogen) atoms. The number of nitrogens with zero attached hydrogens (tertiary/aromatic N) is 3. The van der Waals surface area contributed by atoms with Gasteiger partial charge in [-0.05, 0) is 25.1 Å². The lowest BCUT2D eigenvalue weighted by Crippen LogP contribution is -2.23. The average Bonchev–Trinajstić information content (AvgIpc) is 3.56. The molecule has 5 aromatic rings. The molecule has 5 rings (SSSR count). The van der Waals surface area contributed by atoms with E-state index in [4.69, 9.17) is 4.52 Å². The normalized spacial score (nSPS) is 11.7. The number of aromatic nitrogens is 4. The molecular weight excluding hydrogens is 473 g/mol. The molecule has 0 bridgehead atoms. The van der Waals surface area contributed by atoms with Crippen LogP contribution in [-0.4, -0.2) is 40.0 Å². The number of carbonyl (C=O) groups excluding carboxylic acids is 1. The lowest BCUT2D eigenvalue weighted by molar-refractivity contribution is -0.113. The Morgan fingerprint density at radius 1 is 1.17 bits per heavy atom. The Morgan fingerprint density at radius 2 is 2.00 bits per heavy atom. The van der Waals surface area contributed by atoms with Crippen molar-refractivity contribution >= 4 is 32.5 Å². The number of amides is 1. The van der Waals surface area contributed by atoms with Gasteiger partial charge >= 0.3 is 0 Å². The minimum absolute atomic E-state index is 0.0107. The van der Waals surface area contributed by atoms with Crippen LogP contribution in [0.1, 0.15) is 11.3 Å². The van der Waals surface area contributed by atoms with Gasteiger partial charge in [-0.15, -0.1) is 0 Å². The first-order valence-corrected chi connectivity index (χ1v) is 12.3. The molecule has 2 N–H and O–H groups in total. The van der Waals surface area contributed by atoms with Crippen LogP contribution in [0, 0.1) is 12.7 Å². The smallest absolute Gasteiger partial charge is 0.241 e. The number of sulfone groups is 1. The molecule has 0 fully saturated rings. The minimum atomic E-state index is -4.02. The summed E-state index contributed by atoms with van der Waals surface area (Å²) in [6.45, 7) is 1.74. The van der Waals surface area contributed by atoms with Gasteiger partial charge in [-0.1, -0.05) is 35.5 Å². The number of benzene rings is 2. The second-order valence-electron chi connectivity index (χ2n) is 8.01. The highest BCUT2D eigenvalue weighted by Gasteiger charge is 2.25. The number of rotatable bonds is 7. The van der Waals surface area contributed by atoms with Gasteiger partial charge in [-0.3, -0.25) is 9.89 Å². The number of carbonyl (C=O) groups is 1. The fraction of sp³-hybridized carbons (Fsp3) is 0.125. The van der Waals surface area contributed by atoms with Crippen molar-refractivity contribution in [2.45, 2.75) is 18.4 Å². The number of aromatic amines is 1. The van der Waals surface area contributed by atoms with E-state index < -0.39 is 27.3 Å². The fourth-order valence-corrected chi connectivity index (χ4v) is 5.31. The zero-order valence-corrected chi connectivity index (χ0v) is 19.3. The first kappa shape index (κ1) is 22.5. The Kier molecular flexibility index (Phi) is 5.69. The predicted molar refractivity (Wildman–Crippen MR) is 127 cm³/mol. The number of anilines is 1. The number of aryl methyl sites for hydroxylation is 1. The molecule has 0 aliphatic heterocycles. The first-order valence-electron chi connectivity index (χ1n) is 10.6. The molecular formula is C24H20FN5O4S. The van der Waals surface area contributed by atoms with Crippen molar-refractivity contribution in [1.82, 2.24) is 19.9 Å². The van der Waals surface area contributed by atoms with E-state index >= 15 is 4.39 Å². The van der Waals surface area contributed by atoms with Crippen LogP contribution in [0.25, 0.3) is 22.2 Å². The molecule has 1 amide bonds. The third-order valence-corrected chi connectivity index (χ3v) is 7.14. The molecule has 0 saturated heterocycles. The Balaban J connectivity index is 1.47. The lowest BCUT2D eigenvalue weighted by Gasteiger charge is -2.09. The van der Waals surface area contributed by atoms with E-state index in [0.29, 0.717) is 33.5 Å². The second kappa shape index (κ2) is 8.84. The van der Waals surface area contributed by atoms with Gasteiger partial charge in [0, 0.05) is 40.5 Å². The summed E-state index contributed by atoms with van der Waals surface area (Å²) in [4.78, 5) is 12.4. The van der Waals surface area contributed by atoms with E-state index in [9.17, 15) is 13.2 Å². The van der Waals surface area contributed by atoms with E-state index in [1.54, 1.807) is 66.2 Å². The Hall–Kier alpha value is -4.25. The third-order valence-electron chi connectivity index (χ3n) is 5.50. The molecule has 3 heterocycles. The van der Waals surface area contributed by atoms with Crippen molar-refractivity contribution in [3.63, 3.8) is 0 Å². The maximum atomic E-state index is 15.3. The van der Waals surface area contributed by atoms with Crippen LogP contribution in [0.3, 0.4) is 0 Å². The van der Waals surface area contributed by atoms with Crippen LogP contribution < -0.4 is 5.32 Å². The Bertz CT molecular complexity index is 1640. The highest BCUT2D eigenvalue weighted by molar-refractivity contribution is 7.92. The Morgan fingerprint density at radius 3 is 2.74 bits per heavy atom. The van der Waals surface area contributed by atoms with Crippen LogP contribution >= 0.6 is 0 Å². The molecule has 0 aliphatic rings. The molecule has 0 atom stereocenters. The zero-order valence-electron chi connectivity index (χ0n) is 18.5. The topological polar surface area (TPSA) is 123 Å². The highest BCUT2D eigenvalue weighted by atomic mass is 32.2. The summed E-state index contributed by atoms with van der Waals surface area (Å²) in [5, 5.41) is 13.2. The summed E-state index contributed by atoms with van der Waals surface area (Å²) in [5.74, 6) is -1.35. The molecule has 9 nitrogen and oxygen atoms in total. The molecule has 0 saturated carbocycles. The molecule has 0 radical (unpaired) electrons. The molecule has 0 aliphatic carbocycles. The number of nitrogens with one attached hydrogen (secondary N) is 2. The molecule has 0 spiro atoms. The monoisotopic (exact) mass is 493 g/mol. The number of fused-ring (bicyclic) bond motifs is 1. The van der Waals surface area contributed by atoms with Crippen molar-refractivity contribution in [2.75, 3.05) is 11.1 Å². The van der Waals surface area contributed by atoms with E-state index in [0.717, 1.165) is 0 Å². The van der Waals surface area contributed by atoms with Crippen LogP contribution in [0.15, 0.2) is 76.4 Å². The van der Waals surface area contributed by atoms with Crippen LogP contribution in [-0.2, 0) is 21.2 Å². The van der Waals surface area contributed by atoms with Gasteiger partial charge in [-0.2, -0.15) is 5.10 Å². The maximum absolute atomic E-state index is 15.3. The van der Waals surface area contributed by atoms with Gasteiger partial charge < -0.3 is 14.4 Å². The van der Waals surface area contributed by atoms with Crippen molar-refractivity contribution in [3.05, 3.63) is 84.1 Å². The van der Waals surface area contributed by atoms with Gasteiger partial charge in [0.15, 0.2) is 15.7 Å². The minimum Gasteiger partial charge on any atom is -0.360 e. The molecule has 3 aromatic heterocycles. The molecule has 2 aromatic carbocycles. The summed E-state index contributed by atoms with van der Waals surface area (Å²) in [5.41, 5.74) is 1.78. The molecule has 11 heteroatoms. The van der Waals surface area contributed by atoms with Gasteiger partial charge in [0.2, 0.25) is 5.91 Å². The Labute approximate surface area is 199 Å². The van der Waals surface area contributed by atoms with E-state index in [-0.39, 0.29) is 17.3 Å². The largest absolute Gasteiger partial charge is 0.360 e. The van der Waals surface area contributed by atoms with Gasteiger partial charge in [0.05, 0.1) is 17.1 Å². The van der Waals surface area contributed by atoms with E-state index in [1.165, 1.54) is 12.3 Å². The summed E-state index contributed by atoms with van der Waals surface area (Å²) in [7, 11) is -4.02. The first-order chi connectivity index (χ1) is 16.8. The third kappa shape index (κ3) is 4.45. The van der Waals surface area contributed by atoms with Crippen LogP contribution in [0.4, 0.5) is 10.2 Å². The quantitative estimate of drug-likeness (QED) is 0.354. The number of hydrogen-bond donors (Lipinski definition) is 2. The highest BCUT2D eigenvalue weighted by Crippen LogP contribution is 2.29. The molecule has 0 unspecified atom stereocenters. The average molecular weight is 494 g/mol. The molecule has 178 valence electrons. The summed E-state index contributed by atoms with van der Waals surface area (Å²) in [6.07, 6.45) is 3.05. The SMILES string of the molecule is Cc1cc(NC(=O)CS(=O)(=O)c2cn(Cc3cccc(-c4cc[nH]n4)c3F)c3ccccc23)no1. The van der Waals surface area contributed by atoms with E-state index in [1.807, 2.05) is 0 Å². The van der Waals surface area contributed by atoms with Crippen molar-refractivity contribution in [2.24, 2.45) is 0 Å². The van der Waals surface area contributed by atoms with Crippen molar-refractivity contribution in [3.8, 4) is 11.3 Å². The summed E-state index contributed by atoms with van der Waals surface area (Å²) >= 11 is 0. The van der Waals surface area contributed by atoms with Crippen LogP contribution in [0.5, 0.6) is 0 Å². The van der Waals surface area contributed by atoms with Crippen molar-refractivity contribution in [1.29, 1.82) is 0 Å². The van der Waals surface area contributed by atoms with Gasteiger partial charge in [0.25, 0.3) is 0 Å². The number of para-hydroxylation sites is 1.